The van der Waals surface area contributed by atoms with E-state index in [-0.39, 0.29) is 5.91 Å². The van der Waals surface area contributed by atoms with E-state index >= 15 is 0 Å². The highest BCUT2D eigenvalue weighted by Crippen LogP contribution is 2.27. The van der Waals surface area contributed by atoms with Crippen LogP contribution in [0.3, 0.4) is 0 Å². The maximum Gasteiger partial charge on any atom is 0.265 e. The number of hydrogen-bond donors (Lipinski definition) is 1. The molecule has 0 aliphatic carbocycles. The summed E-state index contributed by atoms with van der Waals surface area (Å²) in [5, 5.41) is 4.14. The van der Waals surface area contributed by atoms with E-state index in [2.05, 4.69) is 5.32 Å². The second kappa shape index (κ2) is 5.10. The van der Waals surface area contributed by atoms with Crippen molar-refractivity contribution in [2.45, 2.75) is 13.8 Å². The highest BCUT2D eigenvalue weighted by Gasteiger charge is 2.12. The third-order valence-electron chi connectivity index (χ3n) is 3.37. The number of aryl methyl sites for hydroxylation is 2. The fourth-order valence-corrected chi connectivity index (χ4v) is 3.24. The number of carbonyl (C=O) groups is 1. The molecule has 0 spiro atoms. The van der Waals surface area contributed by atoms with Crippen molar-refractivity contribution >= 4 is 33.0 Å². The van der Waals surface area contributed by atoms with Gasteiger partial charge in [-0.05, 0) is 42.5 Å². The number of hydrogen-bond acceptors (Lipinski definition) is 2. The Morgan fingerprint density at radius 3 is 2.40 bits per heavy atom. The van der Waals surface area contributed by atoms with Gasteiger partial charge in [0.2, 0.25) is 0 Å². The Morgan fingerprint density at radius 1 is 1.00 bits per heavy atom. The maximum absolute atomic E-state index is 12.4. The summed E-state index contributed by atoms with van der Waals surface area (Å²) in [5.74, 6) is -0.0383. The van der Waals surface area contributed by atoms with Gasteiger partial charge >= 0.3 is 0 Å². The van der Waals surface area contributed by atoms with Gasteiger partial charge in [-0.15, -0.1) is 11.3 Å². The molecule has 3 aromatic rings. The number of rotatable bonds is 2. The lowest BCUT2D eigenvalue weighted by atomic mass is 10.1. The molecule has 3 heteroatoms. The molecule has 0 atom stereocenters. The number of carbonyl (C=O) groups excluding carboxylic acids is 1. The van der Waals surface area contributed by atoms with Crippen LogP contribution in [0.5, 0.6) is 0 Å². The first-order valence-corrected chi connectivity index (χ1v) is 7.33. The highest BCUT2D eigenvalue weighted by molar-refractivity contribution is 7.20. The lowest BCUT2D eigenvalue weighted by molar-refractivity contribution is 0.103. The van der Waals surface area contributed by atoms with Crippen LogP contribution in [0, 0.1) is 13.8 Å². The quantitative estimate of drug-likeness (QED) is 0.720. The summed E-state index contributed by atoms with van der Waals surface area (Å²) in [6, 6.07) is 16.0. The Bertz CT molecular complexity index is 735. The largest absolute Gasteiger partial charge is 0.321 e. The third-order valence-corrected chi connectivity index (χ3v) is 4.48. The van der Waals surface area contributed by atoms with Crippen molar-refractivity contribution in [3.8, 4) is 0 Å². The molecule has 3 rings (SSSR count). The van der Waals surface area contributed by atoms with Gasteiger partial charge in [0.15, 0.2) is 0 Å². The summed E-state index contributed by atoms with van der Waals surface area (Å²) in [7, 11) is 0. The zero-order valence-corrected chi connectivity index (χ0v) is 12.3. The van der Waals surface area contributed by atoms with E-state index in [9.17, 15) is 4.79 Å². The second-order valence-corrected chi connectivity index (χ2v) is 5.95. The van der Waals surface area contributed by atoms with Crippen LogP contribution in [-0.4, -0.2) is 5.91 Å². The standard InChI is InChI=1S/C17H15NOS/c1-11-6-5-7-12(2)16(11)18-17(19)15-10-13-8-3-4-9-14(13)20-15/h3-10H,1-2H3,(H,18,19). The molecule has 0 saturated carbocycles. The van der Waals surface area contributed by atoms with Gasteiger partial charge in [-0.3, -0.25) is 4.79 Å². The SMILES string of the molecule is Cc1cccc(C)c1NC(=O)c1cc2ccccc2s1. The van der Waals surface area contributed by atoms with Crippen molar-refractivity contribution in [1.29, 1.82) is 0 Å². The molecule has 20 heavy (non-hydrogen) atoms. The molecule has 2 nitrogen and oxygen atoms in total. The molecule has 2 aromatic carbocycles. The molecule has 100 valence electrons. The Kier molecular flexibility index (Phi) is 3.28. The van der Waals surface area contributed by atoms with E-state index in [1.54, 1.807) is 0 Å². The minimum atomic E-state index is -0.0383. The molecule has 0 aliphatic rings. The summed E-state index contributed by atoms with van der Waals surface area (Å²) in [6.45, 7) is 4.01. The first-order chi connectivity index (χ1) is 9.65. The zero-order chi connectivity index (χ0) is 14.1. The topological polar surface area (TPSA) is 29.1 Å². The van der Waals surface area contributed by atoms with Crippen molar-refractivity contribution in [1.82, 2.24) is 0 Å². The minimum Gasteiger partial charge on any atom is -0.321 e. The number of anilines is 1. The average molecular weight is 281 g/mol. The van der Waals surface area contributed by atoms with E-state index < -0.39 is 0 Å². The first-order valence-electron chi connectivity index (χ1n) is 6.51. The van der Waals surface area contributed by atoms with E-state index in [0.717, 1.165) is 31.8 Å². The normalized spacial score (nSPS) is 10.7. The van der Waals surface area contributed by atoms with Gasteiger partial charge in [0.25, 0.3) is 5.91 Å². The monoisotopic (exact) mass is 281 g/mol. The van der Waals surface area contributed by atoms with Crippen molar-refractivity contribution in [3.05, 3.63) is 64.5 Å². The second-order valence-electron chi connectivity index (χ2n) is 4.87. The summed E-state index contributed by atoms with van der Waals surface area (Å²) >= 11 is 1.52. The minimum absolute atomic E-state index is 0.0383. The Morgan fingerprint density at radius 2 is 1.70 bits per heavy atom. The number of benzene rings is 2. The van der Waals surface area contributed by atoms with Crippen LogP contribution in [-0.2, 0) is 0 Å². The molecular formula is C17H15NOS. The van der Waals surface area contributed by atoms with Crippen LogP contribution >= 0.6 is 11.3 Å². The van der Waals surface area contributed by atoms with Gasteiger partial charge in [0, 0.05) is 10.4 Å². The smallest absolute Gasteiger partial charge is 0.265 e. The molecule has 0 fully saturated rings. The Hall–Kier alpha value is -2.13. The van der Waals surface area contributed by atoms with Gasteiger partial charge in [0.05, 0.1) is 4.88 Å². The summed E-state index contributed by atoms with van der Waals surface area (Å²) in [5.41, 5.74) is 3.08. The van der Waals surface area contributed by atoms with Crippen LogP contribution in [0.1, 0.15) is 20.8 Å². The fourth-order valence-electron chi connectivity index (χ4n) is 2.28. The lowest BCUT2D eigenvalue weighted by Gasteiger charge is -2.10. The summed E-state index contributed by atoms with van der Waals surface area (Å²) in [4.78, 5) is 13.1. The third kappa shape index (κ3) is 2.32. The highest BCUT2D eigenvalue weighted by atomic mass is 32.1. The number of thiophene rings is 1. The lowest BCUT2D eigenvalue weighted by Crippen LogP contribution is -2.12. The van der Waals surface area contributed by atoms with Gasteiger partial charge in [0.1, 0.15) is 0 Å². The van der Waals surface area contributed by atoms with Gasteiger partial charge in [-0.1, -0.05) is 36.4 Å². The predicted octanol–water partition coefficient (Wildman–Crippen LogP) is 4.77. The van der Waals surface area contributed by atoms with Crippen molar-refractivity contribution in [2.75, 3.05) is 5.32 Å². The number of para-hydroxylation sites is 1. The van der Waals surface area contributed by atoms with Gasteiger partial charge in [-0.25, -0.2) is 0 Å². The molecule has 0 saturated heterocycles. The predicted molar refractivity (Wildman–Crippen MR) is 85.7 cm³/mol. The van der Waals surface area contributed by atoms with Crippen LogP contribution in [0.25, 0.3) is 10.1 Å². The van der Waals surface area contributed by atoms with Crippen LogP contribution in [0.15, 0.2) is 48.5 Å². The molecule has 1 N–H and O–H groups in total. The Labute approximate surface area is 122 Å². The number of nitrogens with one attached hydrogen (secondary N) is 1. The molecule has 1 heterocycles. The summed E-state index contributed by atoms with van der Waals surface area (Å²) < 4.78 is 1.14. The molecule has 0 bridgehead atoms. The fraction of sp³-hybridized carbons (Fsp3) is 0.118. The van der Waals surface area contributed by atoms with E-state index in [4.69, 9.17) is 0 Å². The zero-order valence-electron chi connectivity index (χ0n) is 11.4. The van der Waals surface area contributed by atoms with Crippen LogP contribution in [0.2, 0.25) is 0 Å². The molecule has 0 aliphatic heterocycles. The van der Waals surface area contributed by atoms with Crippen LogP contribution in [0.4, 0.5) is 5.69 Å². The van der Waals surface area contributed by atoms with E-state index in [1.807, 2.05) is 62.4 Å². The Balaban J connectivity index is 1.93. The average Bonchev–Trinajstić information content (AvgIpc) is 2.87. The first kappa shape index (κ1) is 12.9. The van der Waals surface area contributed by atoms with Crippen molar-refractivity contribution in [2.24, 2.45) is 0 Å². The molecule has 0 radical (unpaired) electrons. The maximum atomic E-state index is 12.4. The van der Waals surface area contributed by atoms with Crippen molar-refractivity contribution in [3.63, 3.8) is 0 Å². The molecule has 1 amide bonds. The van der Waals surface area contributed by atoms with Gasteiger partial charge < -0.3 is 5.32 Å². The summed E-state index contributed by atoms with van der Waals surface area (Å²) in [6.07, 6.45) is 0. The molecule has 0 unspecified atom stereocenters. The van der Waals surface area contributed by atoms with Gasteiger partial charge in [-0.2, -0.15) is 0 Å². The van der Waals surface area contributed by atoms with E-state index in [0.29, 0.717) is 0 Å². The van der Waals surface area contributed by atoms with Crippen molar-refractivity contribution < 1.29 is 4.79 Å². The number of fused-ring (bicyclic) bond motifs is 1. The molecular weight excluding hydrogens is 266 g/mol. The molecule has 1 aromatic heterocycles. The number of amides is 1. The van der Waals surface area contributed by atoms with E-state index in [1.165, 1.54) is 11.3 Å². The van der Waals surface area contributed by atoms with Crippen LogP contribution < -0.4 is 5.32 Å².